The number of hydrogen-bond donors (Lipinski definition) is 3. The van der Waals surface area contributed by atoms with Crippen LogP contribution in [0.5, 0.6) is 5.75 Å². The van der Waals surface area contributed by atoms with Crippen LogP contribution in [0.2, 0.25) is 5.02 Å². The van der Waals surface area contributed by atoms with Gasteiger partial charge in [0.1, 0.15) is 16.8 Å². The molecular formula is C12H9ClFN3O4S. The van der Waals surface area contributed by atoms with Crippen LogP contribution in [0.3, 0.4) is 0 Å². The Morgan fingerprint density at radius 3 is 2.95 bits per heavy atom. The summed E-state index contributed by atoms with van der Waals surface area (Å²) in [4.78, 5) is 22.0. The molecule has 0 aromatic heterocycles. The quantitative estimate of drug-likeness (QED) is 0.566. The number of carboxylic acid groups (broad SMARTS) is 1. The van der Waals surface area contributed by atoms with Crippen LogP contribution in [-0.4, -0.2) is 38.7 Å². The Kier molecular flexibility index (Phi) is 4.99. The highest BCUT2D eigenvalue weighted by Crippen LogP contribution is 2.27. The smallest absolute Gasteiger partial charge is 0.305 e. The Labute approximate surface area is 132 Å². The van der Waals surface area contributed by atoms with Crippen LogP contribution < -0.4 is 5.32 Å². The fourth-order valence-electron chi connectivity index (χ4n) is 1.57. The van der Waals surface area contributed by atoms with Crippen molar-refractivity contribution in [3.63, 3.8) is 0 Å². The third kappa shape index (κ3) is 3.95. The van der Waals surface area contributed by atoms with Crippen molar-refractivity contribution in [1.29, 1.82) is 0 Å². The summed E-state index contributed by atoms with van der Waals surface area (Å²) in [6.07, 6.45) is 0.730. The lowest BCUT2D eigenvalue weighted by Gasteiger charge is -2.00. The van der Waals surface area contributed by atoms with Gasteiger partial charge in [-0.05, 0) is 12.1 Å². The molecule has 116 valence electrons. The highest BCUT2D eigenvalue weighted by atomic mass is 35.5. The molecule has 7 nitrogen and oxygen atoms in total. The molecule has 0 spiro atoms. The molecule has 0 bridgehead atoms. The number of phenols is 1. The Bertz CT molecular complexity index is 695. The molecular weight excluding hydrogens is 337 g/mol. The Morgan fingerprint density at radius 1 is 1.55 bits per heavy atom. The molecule has 22 heavy (non-hydrogen) atoms. The second-order valence-electron chi connectivity index (χ2n) is 4.17. The van der Waals surface area contributed by atoms with Gasteiger partial charge >= 0.3 is 5.97 Å². The van der Waals surface area contributed by atoms with Gasteiger partial charge in [0.15, 0.2) is 5.17 Å². The maximum absolute atomic E-state index is 13.2. The zero-order valence-corrected chi connectivity index (χ0v) is 12.4. The second kappa shape index (κ2) is 6.75. The van der Waals surface area contributed by atoms with Crippen molar-refractivity contribution in [2.45, 2.75) is 11.7 Å². The van der Waals surface area contributed by atoms with Crippen molar-refractivity contribution in [3.05, 3.63) is 28.5 Å². The largest absolute Gasteiger partial charge is 0.506 e. The van der Waals surface area contributed by atoms with E-state index < -0.39 is 22.9 Å². The van der Waals surface area contributed by atoms with Gasteiger partial charge < -0.3 is 15.5 Å². The van der Waals surface area contributed by atoms with Crippen LogP contribution in [-0.2, 0) is 9.59 Å². The fraction of sp³-hybridized carbons (Fsp3) is 0.167. The first kappa shape index (κ1) is 16.2. The number of carbonyl (C=O) groups is 2. The SMILES string of the molecule is O=C(O)CC1SC(=NN=Cc2cc(F)cc(Cl)c2O)NC1=O. The van der Waals surface area contributed by atoms with Crippen molar-refractivity contribution in [1.82, 2.24) is 5.32 Å². The molecule has 1 aromatic rings. The molecule has 0 saturated carbocycles. The van der Waals surface area contributed by atoms with Crippen LogP contribution in [0, 0.1) is 5.82 Å². The monoisotopic (exact) mass is 345 g/mol. The summed E-state index contributed by atoms with van der Waals surface area (Å²) in [7, 11) is 0. The predicted molar refractivity (Wildman–Crippen MR) is 79.9 cm³/mol. The lowest BCUT2D eigenvalue weighted by atomic mass is 10.2. The molecule has 0 radical (unpaired) electrons. The fourth-order valence-corrected chi connectivity index (χ4v) is 2.70. The predicted octanol–water partition coefficient (Wildman–Crippen LogP) is 1.58. The van der Waals surface area contributed by atoms with Crippen molar-refractivity contribution in [2.75, 3.05) is 0 Å². The number of amidine groups is 1. The molecule has 3 N–H and O–H groups in total. The van der Waals surface area contributed by atoms with Crippen LogP contribution >= 0.6 is 23.4 Å². The number of nitrogens with one attached hydrogen (secondary N) is 1. The lowest BCUT2D eigenvalue weighted by molar-refractivity contribution is -0.138. The molecule has 10 heteroatoms. The van der Waals surface area contributed by atoms with Gasteiger partial charge in [0, 0.05) is 5.56 Å². The number of benzene rings is 1. The Morgan fingerprint density at radius 2 is 2.27 bits per heavy atom. The van der Waals surface area contributed by atoms with E-state index in [2.05, 4.69) is 15.5 Å². The summed E-state index contributed by atoms with van der Waals surface area (Å²) in [5.41, 5.74) is 0.0192. The maximum Gasteiger partial charge on any atom is 0.305 e. The van der Waals surface area contributed by atoms with Gasteiger partial charge in [0.05, 0.1) is 17.7 Å². The number of thioether (sulfide) groups is 1. The van der Waals surface area contributed by atoms with E-state index in [-0.39, 0.29) is 27.9 Å². The molecule has 2 rings (SSSR count). The van der Waals surface area contributed by atoms with E-state index in [1.54, 1.807) is 0 Å². The topological polar surface area (TPSA) is 111 Å². The van der Waals surface area contributed by atoms with Crippen molar-refractivity contribution < 1.29 is 24.2 Å². The van der Waals surface area contributed by atoms with Crippen molar-refractivity contribution >= 4 is 46.6 Å². The van der Waals surface area contributed by atoms with E-state index in [9.17, 15) is 19.1 Å². The molecule has 1 heterocycles. The van der Waals surface area contributed by atoms with Gasteiger partial charge in [0.25, 0.3) is 0 Å². The molecule has 1 saturated heterocycles. The van der Waals surface area contributed by atoms with E-state index in [4.69, 9.17) is 16.7 Å². The van der Waals surface area contributed by atoms with Gasteiger partial charge in [-0.15, -0.1) is 5.10 Å². The van der Waals surface area contributed by atoms with Crippen molar-refractivity contribution in [3.8, 4) is 5.75 Å². The minimum atomic E-state index is -1.10. The standard InChI is InChI=1S/C12H9ClFN3O4S/c13-7-2-6(14)1-5(10(7)20)4-15-17-12-16-11(21)8(22-12)3-9(18)19/h1-2,4,8,20H,3H2,(H,18,19)(H,16,17,21). The highest BCUT2D eigenvalue weighted by molar-refractivity contribution is 8.15. The van der Waals surface area contributed by atoms with Crippen LogP contribution in [0.1, 0.15) is 12.0 Å². The Hall–Kier alpha value is -2.13. The number of aliphatic carboxylic acids is 1. The van der Waals surface area contributed by atoms with Crippen LogP contribution in [0.4, 0.5) is 4.39 Å². The minimum absolute atomic E-state index is 0.0192. The summed E-state index contributed by atoms with van der Waals surface area (Å²) in [5, 5.41) is 27.1. The van der Waals surface area contributed by atoms with Gasteiger partial charge in [0.2, 0.25) is 5.91 Å². The van der Waals surface area contributed by atoms with Gasteiger partial charge in [-0.1, -0.05) is 23.4 Å². The Balaban J connectivity index is 2.09. The summed E-state index contributed by atoms with van der Waals surface area (Å²) in [6, 6.07) is 1.96. The number of rotatable bonds is 4. The minimum Gasteiger partial charge on any atom is -0.506 e. The zero-order chi connectivity index (χ0) is 16.3. The molecule has 1 fully saturated rings. The molecule has 1 unspecified atom stereocenters. The summed E-state index contributed by atoms with van der Waals surface area (Å²) in [6.45, 7) is 0. The molecule has 1 aliphatic rings. The number of carbonyl (C=O) groups excluding carboxylic acids is 1. The number of nitrogens with zero attached hydrogens (tertiary/aromatic N) is 2. The first-order valence-electron chi connectivity index (χ1n) is 5.85. The van der Waals surface area contributed by atoms with E-state index in [1.165, 1.54) is 0 Å². The zero-order valence-electron chi connectivity index (χ0n) is 10.8. The summed E-state index contributed by atoms with van der Waals surface area (Å²) >= 11 is 6.53. The maximum atomic E-state index is 13.2. The molecule has 1 aromatic carbocycles. The van der Waals surface area contributed by atoms with Crippen molar-refractivity contribution in [2.24, 2.45) is 10.2 Å². The number of amides is 1. The molecule has 1 aliphatic heterocycles. The van der Waals surface area contributed by atoms with Gasteiger partial charge in [-0.25, -0.2) is 4.39 Å². The van der Waals surface area contributed by atoms with E-state index >= 15 is 0 Å². The van der Waals surface area contributed by atoms with Gasteiger partial charge in [-0.2, -0.15) is 5.10 Å². The molecule has 0 aliphatic carbocycles. The normalized spacial score (nSPS) is 19.8. The van der Waals surface area contributed by atoms with Gasteiger partial charge in [-0.3, -0.25) is 9.59 Å². The van der Waals surface area contributed by atoms with Crippen LogP contribution in [0.15, 0.2) is 22.3 Å². The second-order valence-corrected chi connectivity index (χ2v) is 5.77. The van der Waals surface area contributed by atoms with E-state index in [1.807, 2.05) is 0 Å². The molecule has 1 atom stereocenters. The summed E-state index contributed by atoms with van der Waals surface area (Å²) in [5.74, 6) is -2.57. The number of halogens is 2. The average Bonchev–Trinajstić information content (AvgIpc) is 2.75. The average molecular weight is 346 g/mol. The first-order valence-corrected chi connectivity index (χ1v) is 7.11. The number of hydrogen-bond acceptors (Lipinski definition) is 6. The number of carboxylic acids is 1. The van der Waals surface area contributed by atoms with E-state index in [0.29, 0.717) is 0 Å². The van der Waals surface area contributed by atoms with E-state index in [0.717, 1.165) is 30.1 Å². The highest BCUT2D eigenvalue weighted by Gasteiger charge is 2.32. The summed E-state index contributed by atoms with van der Waals surface area (Å²) < 4.78 is 13.2. The lowest BCUT2D eigenvalue weighted by Crippen LogP contribution is -2.26. The first-order chi connectivity index (χ1) is 10.4. The van der Waals surface area contributed by atoms with Crippen LogP contribution in [0.25, 0.3) is 0 Å². The number of phenolic OH excluding ortho intramolecular Hbond substituents is 1. The number of aromatic hydroxyl groups is 1. The third-order valence-corrected chi connectivity index (χ3v) is 3.90. The molecule has 1 amide bonds. The third-order valence-electron chi connectivity index (χ3n) is 2.54.